The van der Waals surface area contributed by atoms with E-state index in [0.29, 0.717) is 55.6 Å². The van der Waals surface area contributed by atoms with Gasteiger partial charge in [0, 0.05) is 31.7 Å². The van der Waals surface area contributed by atoms with Gasteiger partial charge in [-0.1, -0.05) is 12.1 Å². The maximum Gasteiger partial charge on any atom is 0.295 e. The van der Waals surface area contributed by atoms with Crippen LogP contribution in [0.3, 0.4) is 0 Å². The molecule has 0 radical (unpaired) electrons. The molecule has 8 nitrogen and oxygen atoms in total. The number of aliphatic hydroxyl groups is 1. The number of Topliss-reactive ketones (excluding diaryl/α,β-unsaturated/α-hetero) is 1. The number of carbonyl (C=O) groups is 2. The van der Waals surface area contributed by atoms with Gasteiger partial charge in [-0.3, -0.25) is 14.5 Å². The average Bonchev–Trinajstić information content (AvgIpc) is 3.36. The van der Waals surface area contributed by atoms with E-state index >= 15 is 0 Å². The van der Waals surface area contributed by atoms with Crippen molar-refractivity contribution in [2.24, 2.45) is 0 Å². The minimum atomic E-state index is -0.779. The van der Waals surface area contributed by atoms with Crippen LogP contribution in [0.2, 0.25) is 0 Å². The number of hydrogen-bond donors (Lipinski definition) is 1. The topological polar surface area (TPSA) is 92.5 Å². The Morgan fingerprint density at radius 2 is 1.94 bits per heavy atom. The van der Waals surface area contributed by atoms with E-state index in [1.165, 1.54) is 4.90 Å². The van der Waals surface area contributed by atoms with Crippen molar-refractivity contribution >= 4 is 17.4 Å². The number of aliphatic hydroxyl groups excluding tert-OH is 1. The number of amides is 1. The third-order valence-corrected chi connectivity index (χ3v) is 5.97. The smallest absolute Gasteiger partial charge is 0.295 e. The molecule has 33 heavy (non-hydrogen) atoms. The third kappa shape index (κ3) is 4.96. The molecule has 176 valence electrons. The number of rotatable bonds is 8. The minimum absolute atomic E-state index is 0.0365. The van der Waals surface area contributed by atoms with Crippen molar-refractivity contribution < 1.29 is 28.6 Å². The number of carbonyl (C=O) groups excluding carboxylic acids is 2. The van der Waals surface area contributed by atoms with Crippen LogP contribution in [0.25, 0.3) is 5.76 Å². The molecule has 0 bridgehead atoms. The van der Waals surface area contributed by atoms with Crippen LogP contribution in [0.4, 0.5) is 0 Å². The fraction of sp³-hybridized carbons (Fsp3) is 0.440. The van der Waals surface area contributed by atoms with Gasteiger partial charge in [0.2, 0.25) is 0 Å². The molecule has 0 spiro atoms. The Morgan fingerprint density at radius 1 is 1.15 bits per heavy atom. The molecule has 1 unspecified atom stereocenters. The summed E-state index contributed by atoms with van der Waals surface area (Å²) in [6.45, 7) is 8.45. The van der Waals surface area contributed by atoms with E-state index in [1.54, 1.807) is 43.3 Å². The molecule has 8 heteroatoms. The molecule has 0 aliphatic carbocycles. The molecule has 2 aromatic rings. The van der Waals surface area contributed by atoms with Gasteiger partial charge in [-0.15, -0.1) is 0 Å². The normalized spacial score (nSPS) is 21.0. The van der Waals surface area contributed by atoms with Gasteiger partial charge in [-0.05, 0) is 44.5 Å². The molecule has 2 aliphatic rings. The number of ketones is 1. The van der Waals surface area contributed by atoms with Crippen molar-refractivity contribution in [3.8, 4) is 5.75 Å². The van der Waals surface area contributed by atoms with E-state index in [9.17, 15) is 14.7 Å². The molecular weight excluding hydrogens is 424 g/mol. The van der Waals surface area contributed by atoms with Crippen LogP contribution >= 0.6 is 0 Å². The lowest BCUT2D eigenvalue weighted by atomic mass is 9.99. The second-order valence-corrected chi connectivity index (χ2v) is 8.21. The lowest BCUT2D eigenvalue weighted by Crippen LogP contribution is -2.38. The summed E-state index contributed by atoms with van der Waals surface area (Å²) in [6, 6.07) is 9.63. The quantitative estimate of drug-likeness (QED) is 0.372. The molecule has 1 N–H and O–H groups in total. The zero-order valence-electron chi connectivity index (χ0n) is 19.1. The van der Waals surface area contributed by atoms with E-state index in [4.69, 9.17) is 13.9 Å². The van der Waals surface area contributed by atoms with Gasteiger partial charge in [0.05, 0.1) is 25.4 Å². The van der Waals surface area contributed by atoms with E-state index in [2.05, 4.69) is 4.90 Å². The SMILES string of the molecule is CCOc1cccc(C(O)=C2C(=O)C(=O)N(CCCN3CCOCC3)C2c2ccc(C)o2)c1. The molecule has 2 saturated heterocycles. The number of ether oxygens (including phenoxy) is 2. The number of benzene rings is 1. The summed E-state index contributed by atoms with van der Waals surface area (Å²) < 4.78 is 16.7. The number of furan rings is 1. The highest BCUT2D eigenvalue weighted by atomic mass is 16.5. The van der Waals surface area contributed by atoms with Crippen LogP contribution in [0.1, 0.15) is 36.5 Å². The molecule has 1 aromatic heterocycles. The fourth-order valence-electron chi connectivity index (χ4n) is 4.35. The predicted octanol–water partition coefficient (Wildman–Crippen LogP) is 3.13. The third-order valence-electron chi connectivity index (χ3n) is 5.97. The summed E-state index contributed by atoms with van der Waals surface area (Å²) in [5, 5.41) is 11.1. The first-order valence-electron chi connectivity index (χ1n) is 11.4. The highest BCUT2D eigenvalue weighted by Crippen LogP contribution is 2.40. The maximum atomic E-state index is 13.1. The Labute approximate surface area is 193 Å². The highest BCUT2D eigenvalue weighted by Gasteiger charge is 2.47. The lowest BCUT2D eigenvalue weighted by molar-refractivity contribution is -0.140. The molecule has 2 aliphatic heterocycles. The largest absolute Gasteiger partial charge is 0.507 e. The van der Waals surface area contributed by atoms with Crippen molar-refractivity contribution in [2.45, 2.75) is 26.3 Å². The first kappa shape index (κ1) is 23.1. The van der Waals surface area contributed by atoms with Crippen LogP contribution in [0.15, 0.2) is 46.4 Å². The summed E-state index contributed by atoms with van der Waals surface area (Å²) >= 11 is 0. The van der Waals surface area contributed by atoms with Crippen molar-refractivity contribution in [2.75, 3.05) is 46.0 Å². The standard InChI is InChI=1S/C25H30N2O6/c1-3-32-19-7-4-6-18(16-19)23(28)21-22(20-9-8-17(2)33-20)27(25(30)24(21)29)11-5-10-26-12-14-31-15-13-26/h4,6-9,16,22,28H,3,5,10-15H2,1-2H3. The maximum absolute atomic E-state index is 13.1. The van der Waals surface area contributed by atoms with Crippen molar-refractivity contribution in [3.05, 3.63) is 59.1 Å². The molecular formula is C25H30N2O6. The molecule has 1 aromatic carbocycles. The van der Waals surface area contributed by atoms with Gasteiger partial charge in [0.25, 0.3) is 11.7 Å². The van der Waals surface area contributed by atoms with Gasteiger partial charge in [-0.25, -0.2) is 0 Å². The summed E-state index contributed by atoms with van der Waals surface area (Å²) in [6.07, 6.45) is 0.697. The first-order chi connectivity index (χ1) is 16.0. The second-order valence-electron chi connectivity index (χ2n) is 8.21. The summed E-state index contributed by atoms with van der Waals surface area (Å²) in [5.74, 6) is 0.137. The van der Waals surface area contributed by atoms with Crippen LogP contribution < -0.4 is 4.74 Å². The zero-order valence-corrected chi connectivity index (χ0v) is 19.1. The molecule has 3 heterocycles. The first-order valence-corrected chi connectivity index (χ1v) is 11.4. The molecule has 4 rings (SSSR count). The van der Waals surface area contributed by atoms with Gasteiger partial charge in [-0.2, -0.15) is 0 Å². The number of aryl methyl sites for hydroxylation is 1. The predicted molar refractivity (Wildman–Crippen MR) is 122 cm³/mol. The van der Waals surface area contributed by atoms with Crippen LogP contribution in [-0.2, 0) is 14.3 Å². The molecule has 1 atom stereocenters. The summed E-state index contributed by atoms with van der Waals surface area (Å²) in [7, 11) is 0. The van der Waals surface area contributed by atoms with Crippen LogP contribution in [0.5, 0.6) is 5.75 Å². The number of hydrogen-bond acceptors (Lipinski definition) is 7. The summed E-state index contributed by atoms with van der Waals surface area (Å²) in [5.41, 5.74) is 0.454. The average molecular weight is 455 g/mol. The van der Waals surface area contributed by atoms with E-state index < -0.39 is 17.7 Å². The molecule has 2 fully saturated rings. The Balaban J connectivity index is 1.65. The number of likely N-dealkylation sites (tertiary alicyclic amines) is 1. The van der Waals surface area contributed by atoms with Crippen molar-refractivity contribution in [1.29, 1.82) is 0 Å². The Morgan fingerprint density at radius 3 is 2.64 bits per heavy atom. The lowest BCUT2D eigenvalue weighted by Gasteiger charge is -2.28. The van der Waals surface area contributed by atoms with Crippen molar-refractivity contribution in [3.63, 3.8) is 0 Å². The van der Waals surface area contributed by atoms with Gasteiger partial charge in [0.15, 0.2) is 0 Å². The van der Waals surface area contributed by atoms with Crippen LogP contribution in [0, 0.1) is 6.92 Å². The monoisotopic (exact) mass is 454 g/mol. The van der Waals surface area contributed by atoms with Crippen molar-refractivity contribution in [1.82, 2.24) is 9.80 Å². The Bertz CT molecular complexity index is 1040. The Kier molecular flexibility index (Phi) is 7.15. The highest BCUT2D eigenvalue weighted by molar-refractivity contribution is 6.46. The van der Waals surface area contributed by atoms with Gasteiger partial charge < -0.3 is 23.9 Å². The van der Waals surface area contributed by atoms with Crippen LogP contribution in [-0.4, -0.2) is 72.6 Å². The van der Waals surface area contributed by atoms with E-state index in [1.807, 2.05) is 6.92 Å². The molecule has 1 amide bonds. The zero-order chi connectivity index (χ0) is 23.4. The van der Waals surface area contributed by atoms with E-state index in [0.717, 1.165) is 19.6 Å². The molecule has 0 saturated carbocycles. The fourth-order valence-corrected chi connectivity index (χ4v) is 4.35. The van der Waals surface area contributed by atoms with Gasteiger partial charge in [0.1, 0.15) is 29.1 Å². The number of morpholine rings is 1. The number of nitrogens with zero attached hydrogens (tertiary/aromatic N) is 2. The second kappa shape index (κ2) is 10.2. The minimum Gasteiger partial charge on any atom is -0.507 e. The Hall–Kier alpha value is -3.10. The van der Waals surface area contributed by atoms with Gasteiger partial charge >= 0.3 is 0 Å². The summed E-state index contributed by atoms with van der Waals surface area (Å²) in [4.78, 5) is 29.9. The van der Waals surface area contributed by atoms with E-state index in [-0.39, 0.29) is 11.3 Å².